The second-order valence-corrected chi connectivity index (χ2v) is 7.97. The third-order valence-electron chi connectivity index (χ3n) is 2.57. The Labute approximate surface area is 124 Å². The van der Waals surface area contributed by atoms with Crippen LogP contribution in [-0.2, 0) is 27.7 Å². The van der Waals surface area contributed by atoms with Crippen LogP contribution in [0.25, 0.3) is 0 Å². The van der Waals surface area contributed by atoms with Crippen molar-refractivity contribution in [2.75, 3.05) is 0 Å². The van der Waals surface area contributed by atoms with Crippen molar-refractivity contribution in [1.82, 2.24) is 5.09 Å². The molecule has 0 radical (unpaired) electrons. The van der Waals surface area contributed by atoms with Crippen molar-refractivity contribution < 1.29 is 19.3 Å². The molecule has 2 atom stereocenters. The van der Waals surface area contributed by atoms with Gasteiger partial charge in [0, 0.05) is 0 Å². The van der Waals surface area contributed by atoms with Gasteiger partial charge >= 0.3 is 5.97 Å². The highest BCUT2D eigenvalue weighted by molar-refractivity contribution is 8.08. The highest BCUT2D eigenvalue weighted by Crippen LogP contribution is 2.39. The van der Waals surface area contributed by atoms with E-state index in [1.165, 1.54) is 0 Å². The van der Waals surface area contributed by atoms with Crippen LogP contribution in [0.5, 0.6) is 0 Å². The molecule has 0 saturated heterocycles. The van der Waals surface area contributed by atoms with Crippen LogP contribution in [0.1, 0.15) is 25.8 Å². The van der Waals surface area contributed by atoms with E-state index in [0.717, 1.165) is 5.56 Å². The third kappa shape index (κ3) is 6.59. The lowest BCUT2D eigenvalue weighted by Gasteiger charge is -2.23. The molecule has 0 saturated carbocycles. The van der Waals surface area contributed by atoms with Gasteiger partial charge < -0.3 is 14.5 Å². The summed E-state index contributed by atoms with van der Waals surface area (Å²) in [5, 5.41) is 11.7. The highest BCUT2D eigenvalue weighted by atomic mass is 32.5. The van der Waals surface area contributed by atoms with Crippen molar-refractivity contribution in [3.8, 4) is 0 Å². The Bertz CT molecular complexity index is 481. The number of hydrogen-bond acceptors (Lipinski definition) is 3. The van der Waals surface area contributed by atoms with Crippen LogP contribution in [-0.4, -0.2) is 22.0 Å². The lowest BCUT2D eigenvalue weighted by Crippen LogP contribution is -2.36. The molecular formula is C13H20NO4PS. The molecule has 0 spiro atoms. The highest BCUT2D eigenvalue weighted by Gasteiger charge is 2.26. The van der Waals surface area contributed by atoms with Crippen LogP contribution < -0.4 is 5.09 Å². The predicted octanol–water partition coefficient (Wildman–Crippen LogP) is 2.51. The fourth-order valence-electron chi connectivity index (χ4n) is 1.65. The molecule has 0 heterocycles. The van der Waals surface area contributed by atoms with Gasteiger partial charge in [-0.3, -0.25) is 4.79 Å². The molecule has 1 rings (SSSR count). The maximum Gasteiger partial charge on any atom is 0.321 e. The maximum atomic E-state index is 11.1. The molecule has 0 bridgehead atoms. The lowest BCUT2D eigenvalue weighted by molar-refractivity contribution is -0.139. The summed E-state index contributed by atoms with van der Waals surface area (Å²) >= 11 is 4.96. The Hall–Kier alpha value is -0.780. The van der Waals surface area contributed by atoms with E-state index in [1.807, 2.05) is 44.2 Å². The van der Waals surface area contributed by atoms with E-state index >= 15 is 0 Å². The first-order valence-electron chi connectivity index (χ1n) is 6.32. The van der Waals surface area contributed by atoms with Gasteiger partial charge in [0.1, 0.15) is 6.04 Å². The molecule has 1 aromatic carbocycles. The van der Waals surface area contributed by atoms with Gasteiger partial charge in [0.25, 0.3) is 6.64 Å². The Morgan fingerprint density at radius 1 is 1.40 bits per heavy atom. The zero-order valence-electron chi connectivity index (χ0n) is 11.5. The number of rotatable bonds is 8. The fourth-order valence-corrected chi connectivity index (χ4v) is 3.20. The van der Waals surface area contributed by atoms with Crippen molar-refractivity contribution in [2.45, 2.75) is 32.9 Å². The summed E-state index contributed by atoms with van der Waals surface area (Å²) < 4.78 is 5.28. The molecule has 0 aromatic heterocycles. The van der Waals surface area contributed by atoms with Gasteiger partial charge in [0.05, 0.1) is 6.61 Å². The van der Waals surface area contributed by atoms with Gasteiger partial charge in [-0.25, -0.2) is 5.09 Å². The monoisotopic (exact) mass is 317 g/mol. The first-order chi connectivity index (χ1) is 9.30. The minimum atomic E-state index is -3.32. The first-order valence-corrected chi connectivity index (χ1v) is 8.99. The fraction of sp³-hybridized carbons (Fsp3) is 0.462. The largest absolute Gasteiger partial charge is 0.480 e. The van der Waals surface area contributed by atoms with Crippen LogP contribution in [0.2, 0.25) is 0 Å². The molecule has 7 heteroatoms. The molecule has 0 fully saturated rings. The zero-order chi connectivity index (χ0) is 15.2. The van der Waals surface area contributed by atoms with Crippen molar-refractivity contribution in [1.29, 1.82) is 0 Å². The van der Waals surface area contributed by atoms with Crippen molar-refractivity contribution >= 4 is 24.4 Å². The average molecular weight is 317 g/mol. The molecule has 0 aliphatic heterocycles. The molecule has 1 unspecified atom stereocenters. The van der Waals surface area contributed by atoms with Gasteiger partial charge in [-0.1, -0.05) is 44.2 Å². The number of aliphatic carboxylic acids is 1. The summed E-state index contributed by atoms with van der Waals surface area (Å²) in [6.45, 7) is 0.639. The van der Waals surface area contributed by atoms with Crippen molar-refractivity contribution in [3.63, 3.8) is 0 Å². The minimum absolute atomic E-state index is 0.148. The standard InChI is InChI=1S/C13H20NO4PS/c1-10(2)8-12(13(15)16)14-19(17,20)18-9-11-6-4-3-5-7-11/h3-7,10,12H,8-9H2,1-2H3,(H,15,16)(H2,14,17,20)/t12-,19?/m0/s1. The van der Waals surface area contributed by atoms with Gasteiger partial charge in [0.15, 0.2) is 0 Å². The summed E-state index contributed by atoms with van der Waals surface area (Å²) in [5.41, 5.74) is 0.869. The molecule has 112 valence electrons. The molecule has 5 nitrogen and oxygen atoms in total. The third-order valence-corrected chi connectivity index (χ3v) is 4.32. The Morgan fingerprint density at radius 2 is 2.00 bits per heavy atom. The Morgan fingerprint density at radius 3 is 2.50 bits per heavy atom. The minimum Gasteiger partial charge on any atom is -0.480 e. The van der Waals surface area contributed by atoms with E-state index in [2.05, 4.69) is 5.09 Å². The molecule has 20 heavy (non-hydrogen) atoms. The van der Waals surface area contributed by atoms with E-state index in [1.54, 1.807) is 0 Å². The molecule has 0 amide bonds. The quantitative estimate of drug-likeness (QED) is 0.639. The predicted molar refractivity (Wildman–Crippen MR) is 81.7 cm³/mol. The van der Waals surface area contributed by atoms with Crippen LogP contribution in [0.15, 0.2) is 30.3 Å². The molecular weight excluding hydrogens is 297 g/mol. The van der Waals surface area contributed by atoms with Gasteiger partial charge in [-0.05, 0) is 29.7 Å². The van der Waals surface area contributed by atoms with E-state index in [-0.39, 0.29) is 12.5 Å². The number of hydrogen-bond donors (Lipinski definition) is 3. The summed E-state index contributed by atoms with van der Waals surface area (Å²) in [6, 6.07) is 8.37. The number of carboxylic acid groups (broad SMARTS) is 1. The summed E-state index contributed by atoms with van der Waals surface area (Å²) in [4.78, 5) is 21.2. The molecule has 1 aromatic rings. The number of carboxylic acids is 1. The summed E-state index contributed by atoms with van der Waals surface area (Å²) in [6.07, 6.45) is 0.378. The average Bonchev–Trinajstić information content (AvgIpc) is 2.36. The summed E-state index contributed by atoms with van der Waals surface area (Å²) in [7, 11) is 0. The normalized spacial score (nSPS) is 15.8. The van der Waals surface area contributed by atoms with Crippen LogP contribution in [0.3, 0.4) is 0 Å². The van der Waals surface area contributed by atoms with Gasteiger partial charge in [0.2, 0.25) is 0 Å². The maximum absolute atomic E-state index is 11.1. The molecule has 0 aliphatic rings. The van der Waals surface area contributed by atoms with Gasteiger partial charge in [-0.2, -0.15) is 0 Å². The van der Waals surface area contributed by atoms with Crippen LogP contribution in [0.4, 0.5) is 0 Å². The van der Waals surface area contributed by atoms with Crippen LogP contribution in [0, 0.1) is 5.92 Å². The lowest BCUT2D eigenvalue weighted by atomic mass is 10.1. The van der Waals surface area contributed by atoms with Crippen molar-refractivity contribution in [2.24, 2.45) is 5.92 Å². The Kier molecular flexibility index (Phi) is 6.79. The van der Waals surface area contributed by atoms with E-state index in [0.29, 0.717) is 6.42 Å². The zero-order valence-corrected chi connectivity index (χ0v) is 13.2. The number of carbonyl (C=O) groups is 1. The van der Waals surface area contributed by atoms with E-state index in [9.17, 15) is 9.69 Å². The Balaban J connectivity index is 2.58. The number of nitrogens with one attached hydrogen (secondary N) is 1. The SMILES string of the molecule is CC(C)C[C@H](NP(O)(=S)OCc1ccccc1)C(=O)O. The second-order valence-electron chi connectivity index (χ2n) is 4.93. The molecule has 0 aliphatic carbocycles. The summed E-state index contributed by atoms with van der Waals surface area (Å²) in [5.74, 6) is -0.863. The smallest absolute Gasteiger partial charge is 0.321 e. The molecule has 3 N–H and O–H groups in total. The van der Waals surface area contributed by atoms with Crippen LogP contribution >= 0.6 is 6.64 Å². The number of benzene rings is 1. The van der Waals surface area contributed by atoms with E-state index in [4.69, 9.17) is 21.4 Å². The van der Waals surface area contributed by atoms with E-state index < -0.39 is 18.7 Å². The first kappa shape index (κ1) is 17.3. The second kappa shape index (κ2) is 7.86. The van der Waals surface area contributed by atoms with Gasteiger partial charge in [-0.15, -0.1) is 0 Å². The van der Waals surface area contributed by atoms with Crippen molar-refractivity contribution in [3.05, 3.63) is 35.9 Å². The topological polar surface area (TPSA) is 78.8 Å².